The van der Waals surface area contributed by atoms with Crippen molar-refractivity contribution in [3.63, 3.8) is 0 Å². The number of anilines is 1. The summed E-state index contributed by atoms with van der Waals surface area (Å²) < 4.78 is 72.6. The number of carboxylic acid groups (broad SMARTS) is 1. The second-order valence-electron chi connectivity index (χ2n) is 3.44. The normalized spacial score (nSPS) is 11.8. The zero-order valence-corrected chi connectivity index (χ0v) is 10.5. The Bertz CT molecular complexity index is 684. The van der Waals surface area contributed by atoms with Crippen LogP contribution in [0.5, 0.6) is 5.75 Å². The summed E-state index contributed by atoms with van der Waals surface area (Å²) in [6, 6.07) is 1.76. The lowest BCUT2D eigenvalue weighted by atomic mass is 10.2. The van der Waals surface area contributed by atoms with Crippen LogP contribution in [0.2, 0.25) is 0 Å². The van der Waals surface area contributed by atoms with E-state index in [0.717, 1.165) is 0 Å². The van der Waals surface area contributed by atoms with Crippen LogP contribution in [0.1, 0.15) is 10.4 Å². The van der Waals surface area contributed by atoms with Gasteiger partial charge in [0.15, 0.2) is 5.75 Å². The van der Waals surface area contributed by atoms with Crippen molar-refractivity contribution in [1.82, 2.24) is 0 Å². The highest BCUT2D eigenvalue weighted by Gasteiger charge is 2.38. The van der Waals surface area contributed by atoms with Gasteiger partial charge in [0.1, 0.15) is 5.56 Å². The molecule has 0 unspecified atom stereocenters. The lowest BCUT2D eigenvalue weighted by Gasteiger charge is -2.10. The van der Waals surface area contributed by atoms with E-state index < -0.39 is 45.6 Å². The first-order chi connectivity index (χ1) is 9.40. The molecule has 0 bridgehead atoms. The Morgan fingerprint density at radius 1 is 1.24 bits per heavy atom. The minimum absolute atomic E-state index is 0.479. The number of amides is 1. The van der Waals surface area contributed by atoms with Crippen molar-refractivity contribution < 1.29 is 44.4 Å². The second kappa shape index (κ2) is 5.55. The number of hydrogen-bond acceptors (Lipinski definition) is 5. The van der Waals surface area contributed by atoms with E-state index in [-0.39, 0.29) is 0 Å². The summed E-state index contributed by atoms with van der Waals surface area (Å²) in [6.07, 6.45) is -5.21. The van der Waals surface area contributed by atoms with Gasteiger partial charge in [-0.15, -0.1) is 0 Å². The Morgan fingerprint density at radius 2 is 1.81 bits per heavy atom. The molecule has 2 N–H and O–H groups in total. The molecule has 1 rings (SSSR count). The highest BCUT2D eigenvalue weighted by molar-refractivity contribution is 7.81. The quantitative estimate of drug-likeness (QED) is 0.639. The van der Waals surface area contributed by atoms with Gasteiger partial charge in [-0.05, 0) is 18.2 Å². The Kier molecular flexibility index (Phi) is 4.41. The van der Waals surface area contributed by atoms with E-state index >= 15 is 0 Å². The van der Waals surface area contributed by atoms with Gasteiger partial charge in [-0.1, -0.05) is 3.89 Å². The Labute approximate surface area is 114 Å². The van der Waals surface area contributed by atoms with Crippen molar-refractivity contribution in [2.45, 2.75) is 6.18 Å². The molecular weight excluding hydrogens is 326 g/mol. The molecule has 0 fully saturated rings. The van der Waals surface area contributed by atoms with Crippen LogP contribution in [0.4, 0.5) is 22.7 Å². The molecule has 21 heavy (non-hydrogen) atoms. The number of carboxylic acids is 1. The summed E-state index contributed by atoms with van der Waals surface area (Å²) in [7, 11) is -5.52. The van der Waals surface area contributed by atoms with Crippen LogP contribution in [0.15, 0.2) is 18.2 Å². The van der Waals surface area contributed by atoms with E-state index in [0.29, 0.717) is 18.2 Å². The highest BCUT2D eigenvalue weighted by Crippen LogP contribution is 2.26. The number of rotatable bonds is 4. The number of aromatic carboxylic acids is 1. The number of nitrogens with one attached hydrogen (secondary N) is 1. The number of alkyl halides is 3. The molecule has 1 amide bonds. The standard InChI is InChI=1S/C9H5F4NO6S/c10-9(11,12)8(17)14-4-1-2-6(20-21(13,18)19)5(3-4)7(15)16/h1-3H,(H,14,17)(H,15,16). The van der Waals surface area contributed by atoms with Gasteiger partial charge in [0, 0.05) is 5.69 Å². The van der Waals surface area contributed by atoms with E-state index in [1.54, 1.807) is 0 Å². The van der Waals surface area contributed by atoms with Crippen LogP contribution in [0.25, 0.3) is 0 Å². The molecule has 12 heteroatoms. The predicted octanol–water partition coefficient (Wildman–Crippen LogP) is 1.48. The first-order valence-electron chi connectivity index (χ1n) is 4.80. The third-order valence-corrected chi connectivity index (χ3v) is 2.29. The van der Waals surface area contributed by atoms with Crippen molar-refractivity contribution in [3.05, 3.63) is 23.8 Å². The van der Waals surface area contributed by atoms with Gasteiger partial charge in [-0.2, -0.15) is 21.6 Å². The number of carbonyl (C=O) groups excluding carboxylic acids is 1. The Morgan fingerprint density at radius 3 is 2.24 bits per heavy atom. The molecule has 0 saturated heterocycles. The molecule has 0 aliphatic heterocycles. The zero-order chi connectivity index (χ0) is 16.4. The lowest BCUT2D eigenvalue weighted by molar-refractivity contribution is -0.167. The maximum Gasteiger partial charge on any atom is 0.488 e. The van der Waals surface area contributed by atoms with Crippen LogP contribution < -0.4 is 9.50 Å². The fourth-order valence-electron chi connectivity index (χ4n) is 1.16. The molecule has 1 aromatic rings. The monoisotopic (exact) mass is 331 g/mol. The summed E-state index contributed by atoms with van der Waals surface area (Å²) in [5.41, 5.74) is -1.56. The van der Waals surface area contributed by atoms with E-state index in [1.165, 1.54) is 5.32 Å². The van der Waals surface area contributed by atoms with Gasteiger partial charge in [-0.3, -0.25) is 4.79 Å². The number of benzene rings is 1. The molecule has 0 spiro atoms. The molecule has 0 atom stereocenters. The van der Waals surface area contributed by atoms with Gasteiger partial charge in [-0.25, -0.2) is 4.79 Å². The minimum atomic E-state index is -5.52. The van der Waals surface area contributed by atoms with Crippen molar-refractivity contribution >= 4 is 28.1 Å². The Hall–Kier alpha value is -2.37. The van der Waals surface area contributed by atoms with Crippen LogP contribution in [-0.4, -0.2) is 31.6 Å². The van der Waals surface area contributed by atoms with Gasteiger partial charge in [0.25, 0.3) is 0 Å². The van der Waals surface area contributed by atoms with Crippen LogP contribution in [0, 0.1) is 0 Å². The summed E-state index contributed by atoms with van der Waals surface area (Å²) >= 11 is 0. The van der Waals surface area contributed by atoms with Crippen molar-refractivity contribution in [2.75, 3.05) is 5.32 Å². The van der Waals surface area contributed by atoms with E-state index in [2.05, 4.69) is 4.18 Å². The SMILES string of the molecule is O=C(O)c1cc(NC(=O)C(F)(F)F)ccc1OS(=O)(=O)F. The van der Waals surface area contributed by atoms with E-state index in [9.17, 15) is 35.1 Å². The third kappa shape index (κ3) is 4.91. The summed E-state index contributed by atoms with van der Waals surface area (Å²) in [6.45, 7) is 0. The molecule has 0 aliphatic rings. The van der Waals surface area contributed by atoms with Crippen LogP contribution >= 0.6 is 0 Å². The predicted molar refractivity (Wildman–Crippen MR) is 58.7 cm³/mol. The van der Waals surface area contributed by atoms with Gasteiger partial charge in [0.2, 0.25) is 0 Å². The average molecular weight is 331 g/mol. The minimum Gasteiger partial charge on any atom is -0.478 e. The first-order valence-corrected chi connectivity index (χ1v) is 6.10. The van der Waals surface area contributed by atoms with Gasteiger partial charge < -0.3 is 14.6 Å². The fourth-order valence-corrected chi connectivity index (χ4v) is 1.52. The average Bonchev–Trinajstić information content (AvgIpc) is 2.27. The molecule has 1 aromatic carbocycles. The van der Waals surface area contributed by atoms with Crippen LogP contribution in [0.3, 0.4) is 0 Å². The zero-order valence-electron chi connectivity index (χ0n) is 9.64. The maximum absolute atomic E-state index is 12.3. The fraction of sp³-hybridized carbons (Fsp3) is 0.111. The molecular formula is C9H5F4NO6S. The Balaban J connectivity index is 3.15. The van der Waals surface area contributed by atoms with E-state index in [4.69, 9.17) is 5.11 Å². The van der Waals surface area contributed by atoms with Gasteiger partial charge >= 0.3 is 28.6 Å². The smallest absolute Gasteiger partial charge is 0.478 e. The topological polar surface area (TPSA) is 110 Å². The van der Waals surface area contributed by atoms with Gasteiger partial charge in [0.05, 0.1) is 0 Å². The highest BCUT2D eigenvalue weighted by atomic mass is 32.3. The maximum atomic E-state index is 12.3. The molecule has 7 nitrogen and oxygen atoms in total. The molecule has 0 aromatic heterocycles. The van der Waals surface area contributed by atoms with Crippen molar-refractivity contribution in [1.29, 1.82) is 0 Å². The molecule has 0 heterocycles. The summed E-state index contributed by atoms with van der Waals surface area (Å²) in [5, 5.41) is 10.1. The lowest BCUT2D eigenvalue weighted by Crippen LogP contribution is -2.30. The summed E-state index contributed by atoms with van der Waals surface area (Å²) in [4.78, 5) is 21.5. The summed E-state index contributed by atoms with van der Waals surface area (Å²) in [5.74, 6) is -5.14. The van der Waals surface area contributed by atoms with Crippen molar-refractivity contribution in [3.8, 4) is 5.75 Å². The number of carbonyl (C=O) groups is 2. The molecule has 0 aliphatic carbocycles. The molecule has 116 valence electrons. The second-order valence-corrected chi connectivity index (χ2v) is 4.40. The number of halogens is 4. The largest absolute Gasteiger partial charge is 0.488 e. The molecule has 0 saturated carbocycles. The molecule has 0 radical (unpaired) electrons. The van der Waals surface area contributed by atoms with Crippen molar-refractivity contribution in [2.24, 2.45) is 0 Å². The number of hydrogen-bond donors (Lipinski definition) is 2. The third-order valence-electron chi connectivity index (χ3n) is 1.91. The first kappa shape index (κ1) is 16.7. The van der Waals surface area contributed by atoms with Crippen LogP contribution in [-0.2, 0) is 15.3 Å². The van der Waals surface area contributed by atoms with E-state index in [1.807, 2.05) is 0 Å².